The van der Waals surface area contributed by atoms with E-state index in [1.54, 1.807) is 0 Å². The highest BCUT2D eigenvalue weighted by atomic mass is 16.6. The lowest BCUT2D eigenvalue weighted by molar-refractivity contribution is -0.159. The Labute approximate surface area is 246 Å². The van der Waals surface area contributed by atoms with E-state index in [2.05, 4.69) is 20.8 Å². The molecule has 0 fully saturated rings. The summed E-state index contributed by atoms with van der Waals surface area (Å²) in [6.07, 6.45) is 24.8. The first kappa shape index (κ1) is 40.7. The standard InChI is InChI=1S/C22H42O3.C11H22O4/c1-3-5-7-9-11-12-14-16-18-20-22(24)25-21(23)19-17-15-13-10-8-6-4-2;1-2-3-4-5-6-7-11(14)15-9-10(13)8-12/h3-20H2,1-2H3;10,12-13H,2-9H2,1H3. The summed E-state index contributed by atoms with van der Waals surface area (Å²) in [4.78, 5) is 34.3. The molecule has 2 N–H and O–H groups in total. The highest BCUT2D eigenvalue weighted by Crippen LogP contribution is 2.12. The molecule has 0 spiro atoms. The number of esters is 3. The molecule has 1 atom stereocenters. The third kappa shape index (κ3) is 34.6. The Morgan fingerprint density at radius 2 is 0.800 bits per heavy atom. The molecule has 0 aliphatic heterocycles. The molecule has 0 aromatic rings. The summed E-state index contributed by atoms with van der Waals surface area (Å²) in [6, 6.07) is 0. The minimum Gasteiger partial charge on any atom is -0.463 e. The van der Waals surface area contributed by atoms with Crippen molar-refractivity contribution in [3.05, 3.63) is 0 Å². The van der Waals surface area contributed by atoms with E-state index in [9.17, 15) is 14.4 Å². The highest BCUT2D eigenvalue weighted by molar-refractivity contribution is 5.85. The van der Waals surface area contributed by atoms with Gasteiger partial charge < -0.3 is 19.7 Å². The largest absolute Gasteiger partial charge is 0.463 e. The zero-order valence-corrected chi connectivity index (χ0v) is 26.4. The lowest BCUT2D eigenvalue weighted by Gasteiger charge is -2.08. The maximum atomic E-state index is 11.6. The number of rotatable bonds is 27. The van der Waals surface area contributed by atoms with Crippen molar-refractivity contribution in [3.8, 4) is 0 Å². The summed E-state index contributed by atoms with van der Waals surface area (Å²) in [5.74, 6) is -0.968. The zero-order chi connectivity index (χ0) is 30.1. The first-order chi connectivity index (χ1) is 19.4. The summed E-state index contributed by atoms with van der Waals surface area (Å²) >= 11 is 0. The Morgan fingerprint density at radius 3 is 1.12 bits per heavy atom. The molecule has 0 aromatic heterocycles. The van der Waals surface area contributed by atoms with E-state index < -0.39 is 6.10 Å². The predicted molar refractivity (Wildman–Crippen MR) is 163 cm³/mol. The van der Waals surface area contributed by atoms with Gasteiger partial charge in [0.05, 0.1) is 6.61 Å². The van der Waals surface area contributed by atoms with Crippen LogP contribution in [0.15, 0.2) is 0 Å². The second kappa shape index (κ2) is 33.7. The van der Waals surface area contributed by atoms with Gasteiger partial charge in [0.25, 0.3) is 0 Å². The van der Waals surface area contributed by atoms with Crippen LogP contribution in [0, 0.1) is 0 Å². The molecule has 0 radical (unpaired) electrons. The second-order valence-corrected chi connectivity index (χ2v) is 11.0. The molecule has 0 bridgehead atoms. The van der Waals surface area contributed by atoms with Gasteiger partial charge in [0.2, 0.25) is 0 Å². The number of ether oxygens (including phenoxy) is 2. The molecule has 7 heteroatoms. The Bertz CT molecular complexity index is 565. The van der Waals surface area contributed by atoms with Crippen LogP contribution in [0.5, 0.6) is 0 Å². The Balaban J connectivity index is 0. The Kier molecular flexibility index (Phi) is 34.3. The number of hydrogen-bond acceptors (Lipinski definition) is 7. The van der Waals surface area contributed by atoms with Gasteiger partial charge in [-0.1, -0.05) is 136 Å². The first-order valence-electron chi connectivity index (χ1n) is 16.6. The van der Waals surface area contributed by atoms with Crippen LogP contribution in [0.2, 0.25) is 0 Å². The number of unbranched alkanes of at least 4 members (excludes halogenated alkanes) is 18. The molecule has 0 aliphatic rings. The molecule has 0 amide bonds. The van der Waals surface area contributed by atoms with Crippen LogP contribution in [0.25, 0.3) is 0 Å². The minimum atomic E-state index is -0.950. The molecular formula is C33H64O7. The van der Waals surface area contributed by atoms with E-state index in [0.717, 1.165) is 44.9 Å². The number of carbonyl (C=O) groups is 3. The topological polar surface area (TPSA) is 110 Å². The normalized spacial score (nSPS) is 11.4. The van der Waals surface area contributed by atoms with E-state index in [-0.39, 0.29) is 31.1 Å². The van der Waals surface area contributed by atoms with Crippen molar-refractivity contribution < 1.29 is 34.1 Å². The molecular weight excluding hydrogens is 508 g/mol. The highest BCUT2D eigenvalue weighted by Gasteiger charge is 2.10. The zero-order valence-electron chi connectivity index (χ0n) is 26.4. The molecule has 0 rings (SSSR count). The van der Waals surface area contributed by atoms with Crippen molar-refractivity contribution in [1.29, 1.82) is 0 Å². The average Bonchev–Trinajstić information content (AvgIpc) is 2.94. The molecule has 0 aromatic carbocycles. The molecule has 40 heavy (non-hydrogen) atoms. The molecule has 1 unspecified atom stereocenters. The third-order valence-electron chi connectivity index (χ3n) is 6.83. The van der Waals surface area contributed by atoms with Gasteiger partial charge >= 0.3 is 17.9 Å². The van der Waals surface area contributed by atoms with Crippen LogP contribution >= 0.6 is 0 Å². The van der Waals surface area contributed by atoms with Crippen LogP contribution < -0.4 is 0 Å². The van der Waals surface area contributed by atoms with E-state index in [1.807, 2.05) is 0 Å². The summed E-state index contributed by atoms with van der Waals surface area (Å²) in [6.45, 7) is 6.11. The fourth-order valence-electron chi connectivity index (χ4n) is 4.22. The van der Waals surface area contributed by atoms with Crippen LogP contribution in [0.3, 0.4) is 0 Å². The van der Waals surface area contributed by atoms with Crippen LogP contribution in [0.1, 0.15) is 175 Å². The third-order valence-corrected chi connectivity index (χ3v) is 6.83. The minimum absolute atomic E-state index is 0.107. The van der Waals surface area contributed by atoms with Crippen molar-refractivity contribution in [1.82, 2.24) is 0 Å². The van der Waals surface area contributed by atoms with Crippen LogP contribution in [-0.4, -0.2) is 47.4 Å². The summed E-state index contributed by atoms with van der Waals surface area (Å²) in [7, 11) is 0. The van der Waals surface area contributed by atoms with Gasteiger partial charge in [-0.2, -0.15) is 0 Å². The number of aliphatic hydroxyl groups is 2. The van der Waals surface area contributed by atoms with Crippen LogP contribution in [-0.2, 0) is 23.9 Å². The summed E-state index contributed by atoms with van der Waals surface area (Å²) in [5, 5.41) is 17.4. The van der Waals surface area contributed by atoms with Crippen molar-refractivity contribution in [2.24, 2.45) is 0 Å². The van der Waals surface area contributed by atoms with Crippen molar-refractivity contribution in [3.63, 3.8) is 0 Å². The number of aliphatic hydroxyl groups excluding tert-OH is 2. The molecule has 0 aliphatic carbocycles. The van der Waals surface area contributed by atoms with Gasteiger partial charge in [-0.3, -0.25) is 14.4 Å². The van der Waals surface area contributed by atoms with Gasteiger partial charge in [0, 0.05) is 19.3 Å². The van der Waals surface area contributed by atoms with E-state index >= 15 is 0 Å². The quantitative estimate of drug-likeness (QED) is 0.0578. The molecule has 238 valence electrons. The van der Waals surface area contributed by atoms with Crippen molar-refractivity contribution >= 4 is 17.9 Å². The van der Waals surface area contributed by atoms with E-state index in [0.29, 0.717) is 19.3 Å². The molecule has 0 saturated carbocycles. The maximum Gasteiger partial charge on any atom is 0.313 e. The monoisotopic (exact) mass is 572 g/mol. The van der Waals surface area contributed by atoms with Gasteiger partial charge in [-0.15, -0.1) is 0 Å². The van der Waals surface area contributed by atoms with E-state index in [1.165, 1.54) is 89.9 Å². The second-order valence-electron chi connectivity index (χ2n) is 11.0. The molecule has 0 saturated heterocycles. The maximum absolute atomic E-state index is 11.6. The number of carbonyl (C=O) groups excluding carboxylic acids is 3. The summed E-state index contributed by atoms with van der Waals surface area (Å²) in [5.41, 5.74) is 0. The fraction of sp³-hybridized carbons (Fsp3) is 0.909. The fourth-order valence-corrected chi connectivity index (χ4v) is 4.22. The molecule has 0 heterocycles. The van der Waals surface area contributed by atoms with Gasteiger partial charge in [0.15, 0.2) is 0 Å². The molecule has 7 nitrogen and oxygen atoms in total. The lowest BCUT2D eigenvalue weighted by Crippen LogP contribution is -2.21. The Hall–Kier alpha value is -1.47. The van der Waals surface area contributed by atoms with Crippen molar-refractivity contribution in [2.75, 3.05) is 13.2 Å². The first-order valence-corrected chi connectivity index (χ1v) is 16.6. The van der Waals surface area contributed by atoms with Gasteiger partial charge in [0.1, 0.15) is 12.7 Å². The SMILES string of the molecule is CCCCCCCC(=O)OCC(O)CO.CCCCCCCCCCCC(=O)OC(=O)CCCCCCCCC. The van der Waals surface area contributed by atoms with Crippen molar-refractivity contribution in [2.45, 2.75) is 181 Å². The van der Waals surface area contributed by atoms with E-state index in [4.69, 9.17) is 19.7 Å². The van der Waals surface area contributed by atoms with Crippen LogP contribution in [0.4, 0.5) is 0 Å². The lowest BCUT2D eigenvalue weighted by atomic mass is 10.1. The predicted octanol–water partition coefficient (Wildman–Crippen LogP) is 8.36. The van der Waals surface area contributed by atoms with Gasteiger partial charge in [-0.05, 0) is 19.3 Å². The number of hydrogen-bond donors (Lipinski definition) is 2. The van der Waals surface area contributed by atoms with Gasteiger partial charge in [-0.25, -0.2) is 0 Å². The average molecular weight is 573 g/mol. The Morgan fingerprint density at radius 1 is 0.500 bits per heavy atom. The summed E-state index contributed by atoms with van der Waals surface area (Å²) < 4.78 is 9.64. The smallest absolute Gasteiger partial charge is 0.313 e.